The van der Waals surface area contributed by atoms with E-state index in [4.69, 9.17) is 0 Å². The summed E-state index contributed by atoms with van der Waals surface area (Å²) in [6, 6.07) is 3.37. The molecule has 26 heavy (non-hydrogen) atoms. The van der Waals surface area contributed by atoms with Crippen LogP contribution in [0.15, 0.2) is 0 Å². The second kappa shape index (κ2) is 7.48. The summed E-state index contributed by atoms with van der Waals surface area (Å²) in [6.45, 7) is 19.8. The van der Waals surface area contributed by atoms with E-state index in [0.717, 1.165) is 13.0 Å². The van der Waals surface area contributed by atoms with Crippen molar-refractivity contribution >= 4 is 0 Å². The maximum absolute atomic E-state index is 3.37. The van der Waals surface area contributed by atoms with E-state index in [2.05, 4.69) is 89.0 Å². The standard InChI is InChI=1S/C24H40N2/c1-21(2)15-13-16-22(3,4)25(21)19-11-9-10-12-20-26-23(5,6)17-14-18-24(26,7)8/h11,13-19H2,1-8H3. The third kappa shape index (κ3) is 4.78. The van der Waals surface area contributed by atoms with Crippen molar-refractivity contribution in [2.45, 2.75) is 122 Å². The van der Waals surface area contributed by atoms with E-state index in [-0.39, 0.29) is 22.2 Å². The normalized spacial score (nSPS) is 26.2. The first-order chi connectivity index (χ1) is 11.9. The van der Waals surface area contributed by atoms with E-state index in [0.29, 0.717) is 0 Å². The number of hydrogen-bond donors (Lipinski definition) is 0. The summed E-state index contributed by atoms with van der Waals surface area (Å²) >= 11 is 0. The van der Waals surface area contributed by atoms with Gasteiger partial charge in [0, 0.05) is 47.1 Å². The van der Waals surface area contributed by atoms with Gasteiger partial charge in [-0.1, -0.05) is 5.92 Å². The van der Waals surface area contributed by atoms with Crippen LogP contribution >= 0.6 is 0 Å². The Morgan fingerprint density at radius 3 is 1.62 bits per heavy atom. The zero-order chi connectivity index (χ0) is 19.6. The summed E-state index contributed by atoms with van der Waals surface area (Å²) in [6.07, 6.45) is 8.48. The highest BCUT2D eigenvalue weighted by molar-refractivity contribution is 5.27. The van der Waals surface area contributed by atoms with Gasteiger partial charge in [-0.25, -0.2) is 0 Å². The predicted molar refractivity (Wildman–Crippen MR) is 113 cm³/mol. The Hall–Kier alpha value is -1.12. The monoisotopic (exact) mass is 356 g/mol. The molecule has 0 amide bonds. The van der Waals surface area contributed by atoms with Crippen molar-refractivity contribution in [2.24, 2.45) is 0 Å². The zero-order valence-electron chi connectivity index (χ0n) is 18.6. The minimum Gasteiger partial charge on any atom is -0.321 e. The van der Waals surface area contributed by atoms with Crippen LogP contribution < -0.4 is 0 Å². The first kappa shape index (κ1) is 21.2. The van der Waals surface area contributed by atoms with Crippen LogP contribution in [0.1, 0.15) is 100 Å². The average Bonchev–Trinajstić information content (AvgIpc) is 2.45. The van der Waals surface area contributed by atoms with Gasteiger partial charge < -0.3 is 4.90 Å². The second-order valence-electron chi connectivity index (χ2n) is 10.7. The van der Waals surface area contributed by atoms with Crippen LogP contribution in [0.4, 0.5) is 0 Å². The number of piperidine rings is 2. The van der Waals surface area contributed by atoms with Crippen molar-refractivity contribution in [2.75, 3.05) is 6.54 Å². The SMILES string of the molecule is CC1(C)CCCC(C)(C)N1C#CC#CCCN1C(C)(C)CCCC1(C)C. The van der Waals surface area contributed by atoms with E-state index in [9.17, 15) is 0 Å². The molecule has 0 bridgehead atoms. The maximum Gasteiger partial charge on any atom is 0.0431 e. The minimum atomic E-state index is 0.137. The molecule has 2 nitrogen and oxygen atoms in total. The third-order valence-corrected chi connectivity index (χ3v) is 6.61. The lowest BCUT2D eigenvalue weighted by atomic mass is 9.80. The lowest BCUT2D eigenvalue weighted by Gasteiger charge is -2.53. The molecule has 2 rings (SSSR count). The average molecular weight is 357 g/mol. The van der Waals surface area contributed by atoms with E-state index in [1.165, 1.54) is 38.5 Å². The van der Waals surface area contributed by atoms with Gasteiger partial charge in [0.15, 0.2) is 0 Å². The molecule has 0 atom stereocenters. The van der Waals surface area contributed by atoms with Gasteiger partial charge in [-0.2, -0.15) is 0 Å². The Morgan fingerprint density at radius 1 is 0.654 bits per heavy atom. The number of nitrogens with zero attached hydrogens (tertiary/aromatic N) is 2. The van der Waals surface area contributed by atoms with Gasteiger partial charge in [0.05, 0.1) is 0 Å². The number of rotatable bonds is 2. The quantitative estimate of drug-likeness (QED) is 0.609. The van der Waals surface area contributed by atoms with Gasteiger partial charge in [-0.15, -0.1) is 0 Å². The highest BCUT2D eigenvalue weighted by Crippen LogP contribution is 2.38. The van der Waals surface area contributed by atoms with E-state index >= 15 is 0 Å². The van der Waals surface area contributed by atoms with Crippen LogP contribution in [0.3, 0.4) is 0 Å². The van der Waals surface area contributed by atoms with E-state index < -0.39 is 0 Å². The molecule has 2 saturated heterocycles. The van der Waals surface area contributed by atoms with Gasteiger partial charge in [-0.05, 0) is 99.8 Å². The molecule has 146 valence electrons. The van der Waals surface area contributed by atoms with E-state index in [1.54, 1.807) is 0 Å². The van der Waals surface area contributed by atoms with Gasteiger partial charge in [0.1, 0.15) is 0 Å². The van der Waals surface area contributed by atoms with Gasteiger partial charge in [-0.3, -0.25) is 4.90 Å². The molecule has 0 saturated carbocycles. The molecule has 2 aliphatic heterocycles. The highest BCUT2D eigenvalue weighted by Gasteiger charge is 2.41. The molecule has 0 aliphatic carbocycles. The molecule has 0 spiro atoms. The lowest BCUT2D eigenvalue weighted by molar-refractivity contribution is -0.0245. The van der Waals surface area contributed by atoms with Crippen molar-refractivity contribution in [1.82, 2.24) is 9.80 Å². The highest BCUT2D eigenvalue weighted by atomic mass is 15.3. The Kier molecular flexibility index (Phi) is 6.09. The molecule has 0 aromatic rings. The minimum absolute atomic E-state index is 0.137. The summed E-state index contributed by atoms with van der Waals surface area (Å²) < 4.78 is 0. The smallest absolute Gasteiger partial charge is 0.0431 e. The first-order valence-corrected chi connectivity index (χ1v) is 10.5. The molecule has 0 aromatic carbocycles. The van der Waals surface area contributed by atoms with Crippen LogP contribution in [-0.4, -0.2) is 38.5 Å². The molecular formula is C24H40N2. The fourth-order valence-corrected chi connectivity index (χ4v) is 5.31. The molecule has 0 N–H and O–H groups in total. The maximum atomic E-state index is 3.37. The Labute approximate surface area is 163 Å². The summed E-state index contributed by atoms with van der Waals surface area (Å²) in [5.41, 5.74) is 0.824. The molecule has 2 fully saturated rings. The molecule has 2 aliphatic rings. The molecule has 0 radical (unpaired) electrons. The van der Waals surface area contributed by atoms with Crippen molar-refractivity contribution in [3.8, 4) is 23.8 Å². The van der Waals surface area contributed by atoms with Crippen molar-refractivity contribution < 1.29 is 0 Å². The first-order valence-electron chi connectivity index (χ1n) is 10.5. The number of likely N-dealkylation sites (tertiary alicyclic amines) is 2. The zero-order valence-corrected chi connectivity index (χ0v) is 18.6. The predicted octanol–water partition coefficient (Wildman–Crippen LogP) is 5.43. The summed E-state index contributed by atoms with van der Waals surface area (Å²) in [7, 11) is 0. The topological polar surface area (TPSA) is 6.48 Å². The molecule has 0 aromatic heterocycles. The Bertz CT molecular complexity index is 584. The van der Waals surface area contributed by atoms with Crippen LogP contribution in [0.2, 0.25) is 0 Å². The Morgan fingerprint density at radius 2 is 1.12 bits per heavy atom. The van der Waals surface area contributed by atoms with Gasteiger partial charge in [0.25, 0.3) is 0 Å². The van der Waals surface area contributed by atoms with Crippen LogP contribution in [-0.2, 0) is 0 Å². The van der Waals surface area contributed by atoms with Gasteiger partial charge >= 0.3 is 0 Å². The van der Waals surface area contributed by atoms with Gasteiger partial charge in [0.2, 0.25) is 0 Å². The summed E-state index contributed by atoms with van der Waals surface area (Å²) in [5, 5.41) is 0. The molecule has 2 heteroatoms. The molecule has 0 unspecified atom stereocenters. The third-order valence-electron chi connectivity index (χ3n) is 6.61. The van der Waals surface area contributed by atoms with Crippen molar-refractivity contribution in [3.05, 3.63) is 0 Å². The molecule has 2 heterocycles. The van der Waals surface area contributed by atoms with Crippen LogP contribution in [0, 0.1) is 23.8 Å². The van der Waals surface area contributed by atoms with Crippen molar-refractivity contribution in [1.29, 1.82) is 0 Å². The largest absolute Gasteiger partial charge is 0.321 e. The number of hydrogen-bond acceptors (Lipinski definition) is 2. The second-order valence-corrected chi connectivity index (χ2v) is 10.7. The summed E-state index contributed by atoms with van der Waals surface area (Å²) in [5.74, 6) is 9.58. The lowest BCUT2D eigenvalue weighted by Crippen LogP contribution is -2.58. The van der Waals surface area contributed by atoms with Crippen molar-refractivity contribution in [3.63, 3.8) is 0 Å². The molecular weight excluding hydrogens is 316 g/mol. The Balaban J connectivity index is 1.98. The van der Waals surface area contributed by atoms with E-state index in [1.807, 2.05) is 0 Å². The van der Waals surface area contributed by atoms with Crippen LogP contribution in [0.25, 0.3) is 0 Å². The fraction of sp³-hybridized carbons (Fsp3) is 0.833. The summed E-state index contributed by atoms with van der Waals surface area (Å²) in [4.78, 5) is 5.00. The van der Waals surface area contributed by atoms with Crippen LogP contribution in [0.5, 0.6) is 0 Å². The fourth-order valence-electron chi connectivity index (χ4n) is 5.31.